The molecule has 0 atom stereocenters. The van der Waals surface area contributed by atoms with Crippen LogP contribution in [-0.4, -0.2) is 21.1 Å². The summed E-state index contributed by atoms with van der Waals surface area (Å²) in [5.41, 5.74) is 3.55. The second-order valence-corrected chi connectivity index (χ2v) is 6.23. The first-order chi connectivity index (χ1) is 11.1. The third-order valence-electron chi connectivity index (χ3n) is 3.92. The fraction of sp³-hybridized carbons (Fsp3) is 0.125. The molecule has 4 rings (SSSR count). The Bertz CT molecular complexity index is 906. The summed E-state index contributed by atoms with van der Waals surface area (Å²) in [4.78, 5) is 14.0. The molecular formula is C16H12BrFN4O. The molecule has 2 aromatic carbocycles. The van der Waals surface area contributed by atoms with Crippen LogP contribution < -0.4 is 5.32 Å². The first-order valence-corrected chi connectivity index (χ1v) is 7.86. The molecule has 0 bridgehead atoms. The third kappa shape index (κ3) is 2.57. The summed E-state index contributed by atoms with van der Waals surface area (Å²) >= 11 is 3.40. The fourth-order valence-corrected chi connectivity index (χ4v) is 3.15. The molecule has 2 N–H and O–H groups in total. The molecule has 1 aliphatic rings. The number of amides is 2. The Morgan fingerprint density at radius 1 is 1.26 bits per heavy atom. The number of urea groups is 1. The van der Waals surface area contributed by atoms with E-state index in [1.165, 1.54) is 12.1 Å². The number of halogens is 2. The summed E-state index contributed by atoms with van der Waals surface area (Å²) in [6.45, 7) is 0.919. The van der Waals surface area contributed by atoms with Crippen molar-refractivity contribution >= 4 is 38.6 Å². The van der Waals surface area contributed by atoms with Gasteiger partial charge in [-0.25, -0.2) is 9.18 Å². The molecule has 0 fully saturated rings. The number of nitrogens with one attached hydrogen (secondary N) is 2. The number of hydrogen-bond acceptors (Lipinski definition) is 2. The lowest BCUT2D eigenvalue weighted by molar-refractivity contribution is 0.204. The molecule has 0 unspecified atom stereocenters. The molecule has 1 aromatic heterocycles. The van der Waals surface area contributed by atoms with Crippen molar-refractivity contribution in [3.8, 4) is 0 Å². The number of nitrogens with zero attached hydrogens (tertiary/aromatic N) is 2. The number of anilines is 1. The van der Waals surface area contributed by atoms with Gasteiger partial charge in [-0.3, -0.25) is 5.10 Å². The van der Waals surface area contributed by atoms with E-state index in [0.717, 1.165) is 32.3 Å². The summed E-state index contributed by atoms with van der Waals surface area (Å²) in [5, 5.41) is 10.9. The summed E-state index contributed by atoms with van der Waals surface area (Å²) in [5.74, 6) is -0.283. The van der Waals surface area contributed by atoms with Crippen LogP contribution >= 0.6 is 15.9 Å². The van der Waals surface area contributed by atoms with E-state index >= 15 is 0 Å². The first-order valence-electron chi connectivity index (χ1n) is 7.07. The van der Waals surface area contributed by atoms with Gasteiger partial charge < -0.3 is 10.2 Å². The number of carbonyl (C=O) groups is 1. The van der Waals surface area contributed by atoms with Crippen LogP contribution in [0.5, 0.6) is 0 Å². The molecular weight excluding hydrogens is 363 g/mol. The Labute approximate surface area is 139 Å². The molecule has 0 spiro atoms. The van der Waals surface area contributed by atoms with E-state index in [-0.39, 0.29) is 11.8 Å². The highest BCUT2D eigenvalue weighted by Gasteiger charge is 2.23. The number of benzene rings is 2. The second kappa shape index (κ2) is 5.34. The largest absolute Gasteiger partial charge is 0.322 e. The molecule has 2 amide bonds. The maximum atomic E-state index is 13.0. The molecule has 0 saturated heterocycles. The van der Waals surface area contributed by atoms with E-state index < -0.39 is 0 Å². The maximum absolute atomic E-state index is 13.0. The van der Waals surface area contributed by atoms with Crippen molar-refractivity contribution < 1.29 is 9.18 Å². The van der Waals surface area contributed by atoms with Crippen LogP contribution in [-0.2, 0) is 13.1 Å². The number of aromatic amines is 1. The van der Waals surface area contributed by atoms with Crippen molar-refractivity contribution in [3.63, 3.8) is 0 Å². The predicted octanol–water partition coefficient (Wildman–Crippen LogP) is 4.01. The molecule has 1 aliphatic heterocycles. The van der Waals surface area contributed by atoms with Crippen molar-refractivity contribution in [2.75, 3.05) is 5.32 Å². The van der Waals surface area contributed by atoms with E-state index in [9.17, 15) is 9.18 Å². The first kappa shape index (κ1) is 14.2. The van der Waals surface area contributed by atoms with Gasteiger partial charge in [-0.1, -0.05) is 12.1 Å². The minimum Gasteiger partial charge on any atom is -0.316 e. The van der Waals surface area contributed by atoms with E-state index in [2.05, 4.69) is 31.4 Å². The molecule has 0 aliphatic carbocycles. The average molecular weight is 375 g/mol. The smallest absolute Gasteiger partial charge is 0.316 e. The van der Waals surface area contributed by atoms with Crippen LogP contribution in [0.15, 0.2) is 41.0 Å². The van der Waals surface area contributed by atoms with Gasteiger partial charge in [-0.2, -0.15) is 5.10 Å². The summed E-state index contributed by atoms with van der Waals surface area (Å²) in [7, 11) is 0. The van der Waals surface area contributed by atoms with Crippen molar-refractivity contribution in [1.29, 1.82) is 0 Å². The zero-order valence-corrected chi connectivity index (χ0v) is 13.5. The van der Waals surface area contributed by atoms with Crippen molar-refractivity contribution in [1.82, 2.24) is 15.1 Å². The van der Waals surface area contributed by atoms with Gasteiger partial charge in [-0.15, -0.1) is 0 Å². The van der Waals surface area contributed by atoms with Crippen LogP contribution in [0.1, 0.15) is 11.1 Å². The predicted molar refractivity (Wildman–Crippen MR) is 88.5 cm³/mol. The number of hydrogen-bond donors (Lipinski definition) is 2. The quantitative estimate of drug-likeness (QED) is 0.711. The van der Waals surface area contributed by atoms with Crippen LogP contribution in [0.2, 0.25) is 0 Å². The zero-order chi connectivity index (χ0) is 16.0. The molecule has 3 aromatic rings. The van der Waals surface area contributed by atoms with E-state index in [1.807, 2.05) is 12.1 Å². The Hall–Kier alpha value is -2.41. The second-order valence-electron chi connectivity index (χ2n) is 5.48. The highest BCUT2D eigenvalue weighted by molar-refractivity contribution is 9.10. The number of fused-ring (bicyclic) bond motifs is 2. The number of H-pyrrole nitrogens is 1. The van der Waals surface area contributed by atoms with Crippen LogP contribution in [0.3, 0.4) is 0 Å². The van der Waals surface area contributed by atoms with Crippen molar-refractivity contribution in [2.24, 2.45) is 0 Å². The lowest BCUT2D eigenvalue weighted by Gasteiger charge is -2.29. The zero-order valence-electron chi connectivity index (χ0n) is 11.9. The third-order valence-corrected chi connectivity index (χ3v) is 4.52. The van der Waals surface area contributed by atoms with Crippen LogP contribution in [0.25, 0.3) is 10.9 Å². The van der Waals surface area contributed by atoms with Crippen molar-refractivity contribution in [2.45, 2.75) is 13.1 Å². The lowest BCUT2D eigenvalue weighted by Crippen LogP contribution is -2.38. The molecule has 2 heterocycles. The summed E-state index contributed by atoms with van der Waals surface area (Å²) in [6, 6.07) is 9.90. The van der Waals surface area contributed by atoms with E-state index in [1.54, 1.807) is 17.0 Å². The number of rotatable bonds is 2. The topological polar surface area (TPSA) is 61.0 Å². The Balaban J connectivity index is 1.65. The summed E-state index contributed by atoms with van der Waals surface area (Å²) < 4.78 is 13.7. The van der Waals surface area contributed by atoms with Crippen LogP contribution in [0, 0.1) is 5.82 Å². The van der Waals surface area contributed by atoms with Crippen molar-refractivity contribution in [3.05, 3.63) is 57.9 Å². The lowest BCUT2D eigenvalue weighted by atomic mass is 10.1. The average Bonchev–Trinajstić information content (AvgIpc) is 2.89. The van der Waals surface area contributed by atoms with E-state index in [0.29, 0.717) is 13.1 Å². The van der Waals surface area contributed by atoms with Gasteiger partial charge in [0.2, 0.25) is 0 Å². The van der Waals surface area contributed by atoms with Gasteiger partial charge in [0.25, 0.3) is 0 Å². The molecule has 0 saturated carbocycles. The monoisotopic (exact) mass is 374 g/mol. The molecule has 0 radical (unpaired) electrons. The molecule has 23 heavy (non-hydrogen) atoms. The molecule has 5 nitrogen and oxygen atoms in total. The highest BCUT2D eigenvalue weighted by Crippen LogP contribution is 2.31. The van der Waals surface area contributed by atoms with Gasteiger partial charge in [0.1, 0.15) is 10.4 Å². The Morgan fingerprint density at radius 3 is 2.83 bits per heavy atom. The standard InChI is InChI=1S/C16H12BrFN4O/c17-15-12-5-10-8-22(7-9-1-3-11(18)4-2-9)16(23)19-13(10)6-14(12)20-21-15/h1-6H,7-8H2,(H,19,23)(H,20,21). The SMILES string of the molecule is O=C1Nc2cc3[nH]nc(Br)c3cc2CN1Cc1ccc(F)cc1. The minimum atomic E-state index is -0.283. The van der Waals surface area contributed by atoms with Gasteiger partial charge in [-0.05, 0) is 51.3 Å². The summed E-state index contributed by atoms with van der Waals surface area (Å²) in [6.07, 6.45) is 0. The number of aromatic nitrogens is 2. The van der Waals surface area contributed by atoms with Gasteiger partial charge in [0.15, 0.2) is 0 Å². The van der Waals surface area contributed by atoms with Gasteiger partial charge in [0.05, 0.1) is 5.52 Å². The normalized spacial score (nSPS) is 14.0. The maximum Gasteiger partial charge on any atom is 0.322 e. The fourth-order valence-electron chi connectivity index (χ4n) is 2.73. The Kier molecular flexibility index (Phi) is 3.30. The molecule has 7 heteroatoms. The highest BCUT2D eigenvalue weighted by atomic mass is 79.9. The minimum absolute atomic E-state index is 0.167. The van der Waals surface area contributed by atoms with Gasteiger partial charge >= 0.3 is 6.03 Å². The van der Waals surface area contributed by atoms with Gasteiger partial charge in [0, 0.05) is 24.2 Å². The number of carbonyl (C=O) groups excluding carboxylic acids is 1. The van der Waals surface area contributed by atoms with E-state index in [4.69, 9.17) is 0 Å². The van der Waals surface area contributed by atoms with Crippen LogP contribution in [0.4, 0.5) is 14.9 Å². The molecule has 116 valence electrons. The Morgan fingerprint density at radius 2 is 2.04 bits per heavy atom.